The molecule has 2 rings (SSSR count). The van der Waals surface area contributed by atoms with Gasteiger partial charge in [0.2, 0.25) is 0 Å². The maximum Gasteiger partial charge on any atom is 0.408 e. The molecule has 1 atom stereocenters. The second kappa shape index (κ2) is 9.89. The summed E-state index contributed by atoms with van der Waals surface area (Å²) in [5.74, 6) is -3.81. The molecule has 0 bridgehead atoms. The summed E-state index contributed by atoms with van der Waals surface area (Å²) in [4.78, 5) is 23.5. The van der Waals surface area contributed by atoms with Gasteiger partial charge in [-0.1, -0.05) is 42.5 Å². The molecule has 0 saturated heterocycles. The van der Waals surface area contributed by atoms with Crippen LogP contribution < -0.4 is 5.32 Å². The van der Waals surface area contributed by atoms with Crippen molar-refractivity contribution >= 4 is 12.1 Å². The molecule has 1 aromatic carbocycles. The fourth-order valence-electron chi connectivity index (χ4n) is 2.46. The van der Waals surface area contributed by atoms with Crippen molar-refractivity contribution in [1.29, 1.82) is 0 Å². The number of hydrogen-bond donors (Lipinski definition) is 1. The molecule has 0 saturated carbocycles. The molecule has 5 nitrogen and oxygen atoms in total. The second-order valence-corrected chi connectivity index (χ2v) is 6.12. The van der Waals surface area contributed by atoms with Crippen molar-refractivity contribution in [1.82, 2.24) is 5.32 Å². The molecule has 1 heterocycles. The van der Waals surface area contributed by atoms with E-state index in [2.05, 4.69) is 5.32 Å². The van der Waals surface area contributed by atoms with Crippen LogP contribution in [-0.2, 0) is 20.9 Å². The number of hydrogen-bond acceptors (Lipinski definition) is 4. The van der Waals surface area contributed by atoms with E-state index in [0.29, 0.717) is 12.8 Å². The molecule has 1 amide bonds. The quantitative estimate of drug-likeness (QED) is 0.648. The van der Waals surface area contributed by atoms with Gasteiger partial charge in [-0.2, -0.15) is 0 Å². The van der Waals surface area contributed by atoms with Gasteiger partial charge in [-0.3, -0.25) is 4.79 Å². The van der Waals surface area contributed by atoms with Crippen LogP contribution in [0.15, 0.2) is 42.5 Å². The van der Waals surface area contributed by atoms with E-state index in [4.69, 9.17) is 9.47 Å². The molecule has 0 aliphatic carbocycles. The summed E-state index contributed by atoms with van der Waals surface area (Å²) in [6, 6.07) is 7.23. The van der Waals surface area contributed by atoms with Gasteiger partial charge in [0.05, 0.1) is 0 Å². The summed E-state index contributed by atoms with van der Waals surface area (Å²) in [5, 5.41) is 2.13. The highest BCUT2D eigenvalue weighted by Crippen LogP contribution is 2.25. The van der Waals surface area contributed by atoms with Crippen LogP contribution in [-0.4, -0.2) is 30.6 Å². The Labute approximate surface area is 151 Å². The highest BCUT2D eigenvalue weighted by Gasteiger charge is 2.40. The van der Waals surface area contributed by atoms with Gasteiger partial charge in [-0.25, -0.2) is 13.6 Å². The lowest BCUT2D eigenvalue weighted by molar-refractivity contribution is -0.148. The van der Waals surface area contributed by atoms with E-state index < -0.39 is 37.1 Å². The fraction of sp³-hybridized carbons (Fsp3) is 0.474. The lowest BCUT2D eigenvalue weighted by atomic mass is 10.1. The molecule has 26 heavy (non-hydrogen) atoms. The molecule has 142 valence electrons. The third kappa shape index (κ3) is 6.82. The third-order valence-corrected chi connectivity index (χ3v) is 3.98. The summed E-state index contributed by atoms with van der Waals surface area (Å²) in [6.45, 7) is -0.634. The predicted octanol–water partition coefficient (Wildman–Crippen LogP) is 3.98. The van der Waals surface area contributed by atoms with Gasteiger partial charge in [0.25, 0.3) is 5.92 Å². The number of alkyl halides is 2. The van der Waals surface area contributed by atoms with Crippen molar-refractivity contribution in [3.05, 3.63) is 48.0 Å². The first-order chi connectivity index (χ1) is 12.5. The average molecular weight is 367 g/mol. The van der Waals surface area contributed by atoms with Gasteiger partial charge in [0.1, 0.15) is 19.3 Å². The lowest BCUT2D eigenvalue weighted by Gasteiger charge is -2.26. The molecule has 0 radical (unpaired) electrons. The molecule has 0 aromatic heterocycles. The Bertz CT molecular complexity index is 619. The number of amides is 1. The Kier molecular flexibility index (Phi) is 7.56. The zero-order chi connectivity index (χ0) is 18.8. The number of carbonyl (C=O) groups is 2. The topological polar surface area (TPSA) is 64.6 Å². The van der Waals surface area contributed by atoms with Gasteiger partial charge in [0, 0.05) is 12.8 Å². The van der Waals surface area contributed by atoms with Crippen LogP contribution in [0.4, 0.5) is 13.6 Å². The monoisotopic (exact) mass is 367 g/mol. The number of allylic oxidation sites excluding steroid dienone is 2. The molecule has 7 heteroatoms. The lowest BCUT2D eigenvalue weighted by Crippen LogP contribution is -2.50. The molecule has 0 spiro atoms. The van der Waals surface area contributed by atoms with Crippen molar-refractivity contribution in [2.75, 3.05) is 6.61 Å². The Morgan fingerprint density at radius 3 is 2.77 bits per heavy atom. The van der Waals surface area contributed by atoms with Crippen molar-refractivity contribution in [3.8, 4) is 0 Å². The standard InChI is InChI=1S/C19H23F2NO4/c20-19(21)12-8-3-1-2-7-11-17(23)25-14-16(19)22-18(24)26-13-15-9-5-4-6-10-15/h3-6,8-10,16H,1-2,7,11-14H2,(H,22,24)/b8-3-/t16-/m1/s1. The molecular weight excluding hydrogens is 344 g/mol. The summed E-state index contributed by atoms with van der Waals surface area (Å²) < 4.78 is 38.7. The molecule has 1 aromatic rings. The Hall–Kier alpha value is -2.44. The van der Waals surface area contributed by atoms with Gasteiger partial charge in [-0.05, 0) is 24.8 Å². The minimum atomic E-state index is -3.26. The zero-order valence-corrected chi connectivity index (χ0v) is 14.5. The van der Waals surface area contributed by atoms with Crippen LogP contribution in [0.1, 0.15) is 37.7 Å². The maximum atomic E-state index is 14.4. The molecule has 1 aliphatic heterocycles. The number of rotatable bonds is 3. The summed E-state index contributed by atoms with van der Waals surface area (Å²) in [5.41, 5.74) is 0.738. The fourth-order valence-corrected chi connectivity index (χ4v) is 2.46. The van der Waals surface area contributed by atoms with E-state index in [1.165, 1.54) is 6.08 Å². The SMILES string of the molecule is O=C1CCCC/C=C\CC(F)(F)[C@H](NC(=O)OCc2ccccc2)CO1. The molecule has 1 N–H and O–H groups in total. The summed E-state index contributed by atoms with van der Waals surface area (Å²) in [7, 11) is 0. The number of halogens is 2. The van der Waals surface area contributed by atoms with Crippen LogP contribution in [0.3, 0.4) is 0 Å². The van der Waals surface area contributed by atoms with Gasteiger partial charge < -0.3 is 14.8 Å². The van der Waals surface area contributed by atoms with Crippen molar-refractivity contribution in [2.45, 2.75) is 50.7 Å². The second-order valence-electron chi connectivity index (χ2n) is 6.12. The number of nitrogens with one attached hydrogen (secondary N) is 1. The van der Waals surface area contributed by atoms with Crippen LogP contribution in [0, 0.1) is 0 Å². The van der Waals surface area contributed by atoms with E-state index in [9.17, 15) is 18.4 Å². The Morgan fingerprint density at radius 1 is 1.23 bits per heavy atom. The van der Waals surface area contributed by atoms with Crippen molar-refractivity contribution in [3.63, 3.8) is 0 Å². The molecule has 0 unspecified atom stereocenters. The number of benzene rings is 1. The summed E-state index contributed by atoms with van der Waals surface area (Å²) in [6.07, 6.45) is 3.71. The predicted molar refractivity (Wildman–Crippen MR) is 91.7 cm³/mol. The highest BCUT2D eigenvalue weighted by molar-refractivity contribution is 5.70. The average Bonchev–Trinajstić information content (AvgIpc) is 2.62. The van der Waals surface area contributed by atoms with E-state index in [1.807, 2.05) is 6.07 Å². The molecular formula is C19H23F2NO4. The minimum absolute atomic E-state index is 0.0370. The van der Waals surface area contributed by atoms with Crippen LogP contribution in [0.2, 0.25) is 0 Å². The van der Waals surface area contributed by atoms with Gasteiger partial charge in [-0.15, -0.1) is 0 Å². The smallest absolute Gasteiger partial charge is 0.408 e. The van der Waals surface area contributed by atoms with E-state index in [0.717, 1.165) is 12.0 Å². The largest absolute Gasteiger partial charge is 0.463 e. The number of ether oxygens (including phenoxy) is 2. The normalized spacial score (nSPS) is 22.2. The van der Waals surface area contributed by atoms with Crippen molar-refractivity contribution < 1.29 is 27.8 Å². The first kappa shape index (κ1) is 19.9. The van der Waals surface area contributed by atoms with Gasteiger partial charge >= 0.3 is 12.1 Å². The van der Waals surface area contributed by atoms with Crippen molar-refractivity contribution in [2.24, 2.45) is 0 Å². The number of cyclic esters (lactones) is 1. The first-order valence-electron chi connectivity index (χ1n) is 8.63. The van der Waals surface area contributed by atoms with Crippen LogP contribution in [0.25, 0.3) is 0 Å². The number of alkyl carbamates (subject to hydrolysis) is 1. The zero-order valence-electron chi connectivity index (χ0n) is 14.5. The molecule has 1 aliphatic rings. The van der Waals surface area contributed by atoms with E-state index in [1.54, 1.807) is 30.3 Å². The van der Waals surface area contributed by atoms with Crippen LogP contribution in [0.5, 0.6) is 0 Å². The van der Waals surface area contributed by atoms with E-state index >= 15 is 0 Å². The molecule has 0 fully saturated rings. The number of esters is 1. The van der Waals surface area contributed by atoms with E-state index in [-0.39, 0.29) is 13.0 Å². The number of carbonyl (C=O) groups excluding carboxylic acids is 2. The van der Waals surface area contributed by atoms with Crippen LogP contribution >= 0.6 is 0 Å². The summed E-state index contributed by atoms with van der Waals surface area (Å²) >= 11 is 0. The van der Waals surface area contributed by atoms with Gasteiger partial charge in [0.15, 0.2) is 0 Å². The highest BCUT2D eigenvalue weighted by atomic mass is 19.3. The Morgan fingerprint density at radius 2 is 2.00 bits per heavy atom. The Balaban J connectivity index is 1.97. The minimum Gasteiger partial charge on any atom is -0.463 e. The first-order valence-corrected chi connectivity index (χ1v) is 8.63. The maximum absolute atomic E-state index is 14.4. The third-order valence-electron chi connectivity index (χ3n) is 3.98.